The Morgan fingerprint density at radius 1 is 0.967 bits per heavy atom. The first kappa shape index (κ1) is 20.8. The molecule has 5 nitrogen and oxygen atoms in total. The Kier molecular flexibility index (Phi) is 5.29. The fourth-order valence-corrected chi connectivity index (χ4v) is 4.98. The van der Waals surface area contributed by atoms with E-state index in [1.54, 1.807) is 6.07 Å². The predicted octanol–water partition coefficient (Wildman–Crippen LogP) is 5.00. The third-order valence-corrected chi connectivity index (χ3v) is 6.67. The number of nitrogens with one attached hydrogen (secondary N) is 1. The zero-order chi connectivity index (χ0) is 21.5. The van der Waals surface area contributed by atoms with Crippen LogP contribution in [0.4, 0.5) is 18.9 Å². The van der Waals surface area contributed by atoms with E-state index in [4.69, 9.17) is 11.6 Å². The molecule has 0 radical (unpaired) electrons. The number of nitrogens with zero attached hydrogens (tertiary/aromatic N) is 2. The van der Waals surface area contributed by atoms with Gasteiger partial charge in [0.25, 0.3) is 0 Å². The second kappa shape index (κ2) is 7.64. The molecule has 0 unspecified atom stereocenters. The largest absolute Gasteiger partial charge is 0.416 e. The summed E-state index contributed by atoms with van der Waals surface area (Å²) in [5, 5.41) is 0.533. The average molecular weight is 456 g/mol. The molecule has 1 aromatic heterocycles. The highest BCUT2D eigenvalue weighted by Gasteiger charge is 2.31. The van der Waals surface area contributed by atoms with Crippen molar-refractivity contribution in [1.82, 2.24) is 8.87 Å². The van der Waals surface area contributed by atoms with Crippen molar-refractivity contribution in [3.8, 4) is 11.3 Å². The minimum absolute atomic E-state index is 0.0620. The first-order valence-corrected chi connectivity index (χ1v) is 10.9. The number of anilines is 1. The molecule has 4 rings (SSSR count). The molecule has 1 N–H and O–H groups in total. The highest BCUT2D eigenvalue weighted by Crippen LogP contribution is 2.34. The molecule has 158 valence electrons. The van der Waals surface area contributed by atoms with Gasteiger partial charge < -0.3 is 4.57 Å². The summed E-state index contributed by atoms with van der Waals surface area (Å²) < 4.78 is 69.1. The quantitative estimate of drug-likeness (QED) is 0.602. The fraction of sp³-hybridized carbons (Fsp3) is 0.200. The molecule has 1 aliphatic rings. The number of hydrogen-bond donors (Lipinski definition) is 1. The molecule has 1 aliphatic heterocycles. The molecule has 0 bridgehead atoms. The van der Waals surface area contributed by atoms with E-state index in [0.29, 0.717) is 11.6 Å². The monoisotopic (exact) mass is 455 g/mol. The maximum Gasteiger partial charge on any atom is 0.416 e. The predicted molar refractivity (Wildman–Crippen MR) is 109 cm³/mol. The third-order valence-electron chi connectivity index (χ3n) is 4.89. The van der Waals surface area contributed by atoms with E-state index < -0.39 is 21.9 Å². The molecule has 0 atom stereocenters. The normalized spacial score (nSPS) is 15.1. The number of rotatable bonds is 4. The van der Waals surface area contributed by atoms with Crippen LogP contribution >= 0.6 is 11.6 Å². The topological polar surface area (TPSA) is 54.3 Å². The molecule has 0 saturated heterocycles. The Bertz CT molecular complexity index is 1160. The maximum absolute atomic E-state index is 12.8. The molecule has 2 heterocycles. The lowest BCUT2D eigenvalue weighted by Crippen LogP contribution is -2.41. The van der Waals surface area contributed by atoms with Crippen LogP contribution in [0, 0.1) is 0 Å². The van der Waals surface area contributed by atoms with Crippen LogP contribution in [-0.2, 0) is 29.5 Å². The number of halogens is 4. The van der Waals surface area contributed by atoms with Crippen molar-refractivity contribution in [2.75, 3.05) is 11.3 Å². The van der Waals surface area contributed by atoms with Gasteiger partial charge in [-0.05, 0) is 35.9 Å². The van der Waals surface area contributed by atoms with Gasteiger partial charge in [0.15, 0.2) is 0 Å². The van der Waals surface area contributed by atoms with Crippen LogP contribution in [-0.4, -0.2) is 23.8 Å². The van der Waals surface area contributed by atoms with Gasteiger partial charge in [-0.1, -0.05) is 41.9 Å². The molecular formula is C20H17ClF3N3O2S. The minimum atomic E-state index is -4.48. The van der Waals surface area contributed by atoms with E-state index in [-0.39, 0.29) is 18.8 Å². The summed E-state index contributed by atoms with van der Waals surface area (Å²) in [5.41, 5.74) is 1.73. The molecular weight excluding hydrogens is 439 g/mol. The van der Waals surface area contributed by atoms with Crippen molar-refractivity contribution >= 4 is 27.5 Å². The van der Waals surface area contributed by atoms with Gasteiger partial charge in [0, 0.05) is 24.5 Å². The van der Waals surface area contributed by atoms with E-state index >= 15 is 0 Å². The van der Waals surface area contributed by atoms with Gasteiger partial charge >= 0.3 is 16.4 Å². The number of hydrogen-bond acceptors (Lipinski definition) is 2. The van der Waals surface area contributed by atoms with Crippen LogP contribution in [0.3, 0.4) is 0 Å². The summed E-state index contributed by atoms with van der Waals surface area (Å²) in [6.07, 6.45) is -4.48. The molecule has 30 heavy (non-hydrogen) atoms. The van der Waals surface area contributed by atoms with Crippen LogP contribution in [0.1, 0.15) is 11.3 Å². The first-order chi connectivity index (χ1) is 14.1. The number of aromatic nitrogens is 1. The van der Waals surface area contributed by atoms with Gasteiger partial charge in [-0.15, -0.1) is 0 Å². The Morgan fingerprint density at radius 2 is 1.63 bits per heavy atom. The van der Waals surface area contributed by atoms with E-state index in [1.165, 1.54) is 4.31 Å². The van der Waals surface area contributed by atoms with Gasteiger partial charge in [-0.2, -0.15) is 25.9 Å². The second-order valence-electron chi connectivity index (χ2n) is 6.87. The Morgan fingerprint density at radius 3 is 2.27 bits per heavy atom. The van der Waals surface area contributed by atoms with E-state index in [9.17, 15) is 21.6 Å². The lowest BCUT2D eigenvalue weighted by Gasteiger charge is -2.29. The summed E-state index contributed by atoms with van der Waals surface area (Å²) in [7, 11) is -3.95. The minimum Gasteiger partial charge on any atom is -0.341 e. The van der Waals surface area contributed by atoms with Crippen molar-refractivity contribution in [2.45, 2.75) is 19.3 Å². The van der Waals surface area contributed by atoms with E-state index in [0.717, 1.165) is 41.2 Å². The summed E-state index contributed by atoms with van der Waals surface area (Å²) in [4.78, 5) is 0. The molecule has 0 spiro atoms. The van der Waals surface area contributed by atoms with Gasteiger partial charge in [0.2, 0.25) is 0 Å². The molecule has 0 amide bonds. The first-order valence-electron chi connectivity index (χ1n) is 9.03. The highest BCUT2D eigenvalue weighted by molar-refractivity contribution is 7.90. The molecule has 0 saturated carbocycles. The zero-order valence-electron chi connectivity index (χ0n) is 15.5. The van der Waals surface area contributed by atoms with Gasteiger partial charge in [-0.25, -0.2) is 0 Å². The highest BCUT2D eigenvalue weighted by atomic mass is 35.5. The molecule has 0 fully saturated rings. The number of alkyl halides is 3. The molecule has 2 aromatic carbocycles. The third kappa shape index (κ3) is 4.05. The van der Waals surface area contributed by atoms with Crippen molar-refractivity contribution in [3.63, 3.8) is 0 Å². The Hall–Kier alpha value is -2.49. The lowest BCUT2D eigenvalue weighted by molar-refractivity contribution is -0.137. The van der Waals surface area contributed by atoms with E-state index in [2.05, 4.69) is 4.72 Å². The maximum atomic E-state index is 12.8. The Labute approximate surface area is 176 Å². The smallest absolute Gasteiger partial charge is 0.341 e. The second-order valence-corrected chi connectivity index (χ2v) is 8.94. The number of benzene rings is 2. The summed E-state index contributed by atoms with van der Waals surface area (Å²) in [6, 6.07) is 15.2. The van der Waals surface area contributed by atoms with Gasteiger partial charge in [-0.3, -0.25) is 4.72 Å². The molecule has 3 aromatic rings. The summed E-state index contributed by atoms with van der Waals surface area (Å²) in [5.74, 6) is 0. The van der Waals surface area contributed by atoms with Crippen LogP contribution in [0.2, 0.25) is 5.02 Å². The molecule has 0 aliphatic carbocycles. The summed E-state index contributed by atoms with van der Waals surface area (Å²) in [6.45, 7) is 0.705. The lowest BCUT2D eigenvalue weighted by atomic mass is 10.1. The van der Waals surface area contributed by atoms with E-state index in [1.807, 2.05) is 34.9 Å². The van der Waals surface area contributed by atoms with Gasteiger partial charge in [0.05, 0.1) is 22.8 Å². The fourth-order valence-electron chi connectivity index (χ4n) is 3.46. The zero-order valence-corrected chi connectivity index (χ0v) is 17.1. The Balaban J connectivity index is 1.54. The van der Waals surface area contributed by atoms with Crippen LogP contribution in [0.5, 0.6) is 0 Å². The van der Waals surface area contributed by atoms with Gasteiger partial charge in [0.1, 0.15) is 0 Å². The van der Waals surface area contributed by atoms with Crippen molar-refractivity contribution in [1.29, 1.82) is 0 Å². The molecule has 10 heteroatoms. The standard InChI is InChI=1S/C20H17ClF3N3O2S/c21-18-12-17-13-26(10-11-27(17)19(18)14-4-2-1-3-5-14)30(28,29)25-16-8-6-15(7-9-16)20(22,23)24/h1-9,12,25H,10-11,13H2. The van der Waals surface area contributed by atoms with Crippen LogP contribution in [0.15, 0.2) is 60.7 Å². The average Bonchev–Trinajstić information content (AvgIpc) is 3.03. The number of fused-ring (bicyclic) bond motifs is 1. The SMILES string of the molecule is O=S(=O)(Nc1ccc(C(F)(F)F)cc1)N1CCn2c(cc(Cl)c2-c2ccccc2)C1. The van der Waals surface area contributed by atoms with Crippen LogP contribution < -0.4 is 4.72 Å². The van der Waals surface area contributed by atoms with Crippen molar-refractivity contribution < 1.29 is 21.6 Å². The summed E-state index contributed by atoms with van der Waals surface area (Å²) >= 11 is 6.42. The van der Waals surface area contributed by atoms with Crippen molar-refractivity contribution in [3.05, 3.63) is 76.9 Å². The van der Waals surface area contributed by atoms with Crippen LogP contribution in [0.25, 0.3) is 11.3 Å². The van der Waals surface area contributed by atoms with Crippen molar-refractivity contribution in [2.24, 2.45) is 0 Å².